The van der Waals surface area contributed by atoms with Crippen molar-refractivity contribution < 1.29 is 4.74 Å². The molecule has 0 aliphatic heterocycles. The van der Waals surface area contributed by atoms with Crippen LogP contribution >= 0.6 is 0 Å². The quantitative estimate of drug-likeness (QED) is 0.531. The van der Waals surface area contributed by atoms with Crippen LogP contribution in [0.15, 0.2) is 73.1 Å². The number of ether oxygens (including phenoxy) is 1. The molecule has 4 aromatic rings. The summed E-state index contributed by atoms with van der Waals surface area (Å²) in [4.78, 5) is 7.68. The molecule has 4 heteroatoms. The lowest BCUT2D eigenvalue weighted by Crippen LogP contribution is -2.13. The minimum atomic E-state index is 0.0162. The van der Waals surface area contributed by atoms with Gasteiger partial charge in [-0.2, -0.15) is 0 Å². The van der Waals surface area contributed by atoms with Gasteiger partial charge in [-0.3, -0.25) is 4.98 Å². The van der Waals surface area contributed by atoms with Crippen molar-refractivity contribution in [1.29, 1.82) is 0 Å². The maximum Gasteiger partial charge on any atom is 0.119 e. The van der Waals surface area contributed by atoms with Gasteiger partial charge in [-0.15, -0.1) is 0 Å². The minimum absolute atomic E-state index is 0.0162. The molecular formula is C22H21N3O. The summed E-state index contributed by atoms with van der Waals surface area (Å²) in [7, 11) is 1.68. The number of hydrogen-bond acceptors (Lipinski definition) is 3. The third-order valence-electron chi connectivity index (χ3n) is 4.67. The minimum Gasteiger partial charge on any atom is -0.497 e. The van der Waals surface area contributed by atoms with Crippen LogP contribution in [0.2, 0.25) is 0 Å². The highest BCUT2D eigenvalue weighted by Gasteiger charge is 2.20. The van der Waals surface area contributed by atoms with Gasteiger partial charge in [-0.1, -0.05) is 18.2 Å². The Morgan fingerprint density at radius 2 is 1.69 bits per heavy atom. The van der Waals surface area contributed by atoms with Gasteiger partial charge in [0.2, 0.25) is 0 Å². The maximum atomic E-state index is 5.27. The van der Waals surface area contributed by atoms with E-state index in [0.29, 0.717) is 0 Å². The molecule has 0 saturated heterocycles. The number of anilines is 1. The van der Waals surface area contributed by atoms with E-state index in [4.69, 9.17) is 4.74 Å². The Morgan fingerprint density at radius 1 is 0.962 bits per heavy atom. The van der Waals surface area contributed by atoms with E-state index in [1.54, 1.807) is 7.11 Å². The van der Waals surface area contributed by atoms with Gasteiger partial charge in [0.05, 0.1) is 13.2 Å². The molecule has 0 spiro atoms. The molecule has 1 atom stereocenters. The first-order valence-electron chi connectivity index (χ1n) is 8.64. The summed E-state index contributed by atoms with van der Waals surface area (Å²) in [6.45, 7) is 2.12. The molecule has 4 rings (SSSR count). The second kappa shape index (κ2) is 6.92. The predicted octanol–water partition coefficient (Wildman–Crippen LogP) is 5.08. The normalized spacial score (nSPS) is 12.1. The second-order valence-electron chi connectivity index (χ2n) is 6.30. The molecule has 4 nitrogen and oxygen atoms in total. The number of nitrogens with zero attached hydrogens (tertiary/aromatic N) is 1. The first-order chi connectivity index (χ1) is 12.8. The lowest BCUT2D eigenvalue weighted by atomic mass is 9.96. The van der Waals surface area contributed by atoms with Crippen molar-refractivity contribution in [3.8, 4) is 5.75 Å². The Hall–Kier alpha value is -3.27. The highest BCUT2D eigenvalue weighted by molar-refractivity contribution is 5.86. The predicted molar refractivity (Wildman–Crippen MR) is 106 cm³/mol. The van der Waals surface area contributed by atoms with Crippen LogP contribution in [0.4, 0.5) is 5.69 Å². The van der Waals surface area contributed by atoms with Crippen LogP contribution < -0.4 is 10.1 Å². The molecule has 0 bridgehead atoms. The highest BCUT2D eigenvalue weighted by atomic mass is 16.5. The fourth-order valence-electron chi connectivity index (χ4n) is 3.40. The Morgan fingerprint density at radius 3 is 2.42 bits per heavy atom. The summed E-state index contributed by atoms with van der Waals surface area (Å²) in [5.41, 5.74) is 5.77. The molecule has 0 saturated carbocycles. The number of H-pyrrole nitrogens is 1. The molecule has 0 amide bonds. The van der Waals surface area contributed by atoms with E-state index in [0.717, 1.165) is 22.6 Å². The molecule has 26 heavy (non-hydrogen) atoms. The number of benzene rings is 2. The number of aromatic amines is 1. The third kappa shape index (κ3) is 3.02. The van der Waals surface area contributed by atoms with Crippen LogP contribution in [0.25, 0.3) is 10.9 Å². The number of aryl methyl sites for hydroxylation is 1. The van der Waals surface area contributed by atoms with Crippen LogP contribution in [0, 0.1) is 6.92 Å². The van der Waals surface area contributed by atoms with Crippen LogP contribution in [-0.4, -0.2) is 17.1 Å². The average molecular weight is 343 g/mol. The van der Waals surface area contributed by atoms with Crippen LogP contribution in [0.5, 0.6) is 5.75 Å². The molecule has 0 fully saturated rings. The number of nitrogens with one attached hydrogen (secondary N) is 2. The number of para-hydroxylation sites is 1. The Kier molecular flexibility index (Phi) is 4.32. The monoisotopic (exact) mass is 343 g/mol. The lowest BCUT2D eigenvalue weighted by molar-refractivity contribution is 0.415. The SMILES string of the molecule is COc1ccc(N[C@@H](c2ccncc2)c2c(C)[nH]c3ccccc23)cc1. The fourth-order valence-corrected chi connectivity index (χ4v) is 3.40. The standard InChI is InChI=1S/C22H21N3O/c1-15-21(19-5-3-4-6-20(19)24-15)22(16-11-13-23-14-12-16)25-17-7-9-18(26-2)10-8-17/h3-14,22,24-25H,1-2H3/t22-/m0/s1. The number of hydrogen-bond donors (Lipinski definition) is 2. The molecule has 0 aliphatic rings. The van der Waals surface area contributed by atoms with Crippen molar-refractivity contribution in [2.24, 2.45) is 0 Å². The molecule has 130 valence electrons. The van der Waals surface area contributed by atoms with E-state index in [9.17, 15) is 0 Å². The zero-order chi connectivity index (χ0) is 17.9. The zero-order valence-electron chi connectivity index (χ0n) is 14.9. The molecule has 0 radical (unpaired) electrons. The smallest absolute Gasteiger partial charge is 0.119 e. The molecule has 2 N–H and O–H groups in total. The summed E-state index contributed by atoms with van der Waals surface area (Å²) in [5, 5.41) is 4.91. The van der Waals surface area contributed by atoms with E-state index in [2.05, 4.69) is 58.6 Å². The van der Waals surface area contributed by atoms with Gasteiger partial charge >= 0.3 is 0 Å². The molecule has 2 aromatic carbocycles. The van der Waals surface area contributed by atoms with Crippen molar-refractivity contribution >= 4 is 16.6 Å². The molecule has 0 unspecified atom stereocenters. The number of methoxy groups -OCH3 is 1. The number of aromatic nitrogens is 2. The van der Waals surface area contributed by atoms with Gasteiger partial charge in [0.15, 0.2) is 0 Å². The summed E-state index contributed by atoms with van der Waals surface area (Å²) < 4.78 is 5.27. The van der Waals surface area contributed by atoms with E-state index >= 15 is 0 Å². The largest absolute Gasteiger partial charge is 0.497 e. The Balaban J connectivity index is 1.81. The first kappa shape index (κ1) is 16.2. The molecule has 2 heterocycles. The number of fused-ring (bicyclic) bond motifs is 1. The van der Waals surface area contributed by atoms with Gasteiger partial charge in [0.25, 0.3) is 0 Å². The molecule has 0 aliphatic carbocycles. The van der Waals surface area contributed by atoms with Gasteiger partial charge in [-0.05, 0) is 55.0 Å². The van der Waals surface area contributed by atoms with Crippen LogP contribution in [0.3, 0.4) is 0 Å². The summed E-state index contributed by atoms with van der Waals surface area (Å²) in [6.07, 6.45) is 3.67. The fraction of sp³-hybridized carbons (Fsp3) is 0.136. The second-order valence-corrected chi connectivity index (χ2v) is 6.30. The summed E-state index contributed by atoms with van der Waals surface area (Å²) >= 11 is 0. The Labute approximate surface area is 152 Å². The topological polar surface area (TPSA) is 49.9 Å². The lowest BCUT2D eigenvalue weighted by Gasteiger charge is -2.21. The first-order valence-corrected chi connectivity index (χ1v) is 8.64. The van der Waals surface area contributed by atoms with Gasteiger partial charge < -0.3 is 15.0 Å². The number of rotatable bonds is 5. The van der Waals surface area contributed by atoms with Crippen molar-refractivity contribution in [1.82, 2.24) is 9.97 Å². The van der Waals surface area contributed by atoms with E-state index in [-0.39, 0.29) is 6.04 Å². The zero-order valence-corrected chi connectivity index (χ0v) is 14.9. The van der Waals surface area contributed by atoms with Crippen LogP contribution in [-0.2, 0) is 0 Å². The van der Waals surface area contributed by atoms with Gasteiger partial charge in [0, 0.05) is 40.2 Å². The van der Waals surface area contributed by atoms with Gasteiger partial charge in [-0.25, -0.2) is 0 Å². The maximum absolute atomic E-state index is 5.27. The Bertz CT molecular complexity index is 1010. The third-order valence-corrected chi connectivity index (χ3v) is 4.67. The highest BCUT2D eigenvalue weighted by Crippen LogP contribution is 2.34. The van der Waals surface area contributed by atoms with Crippen molar-refractivity contribution in [3.63, 3.8) is 0 Å². The number of pyridine rings is 1. The summed E-state index contributed by atoms with van der Waals surface area (Å²) in [5.74, 6) is 0.847. The van der Waals surface area contributed by atoms with Crippen molar-refractivity contribution in [3.05, 3.63) is 89.9 Å². The summed E-state index contributed by atoms with van der Waals surface area (Å²) in [6, 6.07) is 20.6. The average Bonchev–Trinajstić information content (AvgIpc) is 3.03. The van der Waals surface area contributed by atoms with Crippen molar-refractivity contribution in [2.75, 3.05) is 12.4 Å². The van der Waals surface area contributed by atoms with E-state index in [1.807, 2.05) is 36.7 Å². The molecular weight excluding hydrogens is 322 g/mol. The van der Waals surface area contributed by atoms with E-state index < -0.39 is 0 Å². The van der Waals surface area contributed by atoms with Crippen LogP contribution in [0.1, 0.15) is 22.9 Å². The van der Waals surface area contributed by atoms with E-state index in [1.165, 1.54) is 16.5 Å². The molecule has 2 aromatic heterocycles. The van der Waals surface area contributed by atoms with Crippen molar-refractivity contribution in [2.45, 2.75) is 13.0 Å². The van der Waals surface area contributed by atoms with Gasteiger partial charge in [0.1, 0.15) is 5.75 Å².